The minimum Gasteiger partial charge on any atom is -0.396 e. The average Bonchev–Trinajstić information content (AvgIpc) is 2.57. The van der Waals surface area contributed by atoms with Crippen molar-refractivity contribution in [2.24, 2.45) is 5.41 Å². The number of nitrogens with one attached hydrogen (secondary N) is 2. The Morgan fingerprint density at radius 3 is 2.36 bits per heavy atom. The van der Waals surface area contributed by atoms with Gasteiger partial charge in [-0.05, 0) is 42.4 Å². The van der Waals surface area contributed by atoms with E-state index >= 15 is 0 Å². The molecule has 0 unspecified atom stereocenters. The van der Waals surface area contributed by atoms with E-state index in [0.717, 1.165) is 18.4 Å². The molecule has 1 aromatic carbocycles. The highest BCUT2D eigenvalue weighted by atomic mass is 16.3. The highest BCUT2D eigenvalue weighted by Gasteiger charge is 2.25. The first-order valence-electron chi connectivity index (χ1n) is 7.70. The second-order valence-corrected chi connectivity index (χ2v) is 5.53. The number of carbonyl (C=O) groups excluding carboxylic acids is 1. The van der Waals surface area contributed by atoms with Gasteiger partial charge in [0, 0.05) is 19.7 Å². The maximum atomic E-state index is 11.9. The zero-order valence-corrected chi connectivity index (χ0v) is 13.4. The number of urea groups is 1. The highest BCUT2D eigenvalue weighted by molar-refractivity contribution is 5.73. The molecule has 1 aromatic rings. The lowest BCUT2D eigenvalue weighted by Gasteiger charge is -2.31. The van der Waals surface area contributed by atoms with Crippen LogP contribution in [-0.2, 0) is 6.54 Å². The minimum atomic E-state index is -0.214. The Labute approximate surface area is 132 Å². The predicted octanol–water partition coefficient (Wildman–Crippen LogP) is 2.55. The third-order valence-electron chi connectivity index (χ3n) is 4.30. The van der Waals surface area contributed by atoms with Gasteiger partial charge in [-0.3, -0.25) is 0 Å². The lowest BCUT2D eigenvalue weighted by molar-refractivity contribution is 0.163. The molecule has 0 saturated heterocycles. The maximum Gasteiger partial charge on any atom is 0.315 e. The average molecular weight is 303 g/mol. The van der Waals surface area contributed by atoms with Crippen LogP contribution in [-0.4, -0.2) is 24.3 Å². The van der Waals surface area contributed by atoms with Gasteiger partial charge in [0.1, 0.15) is 0 Å². The number of benzene rings is 1. The molecule has 120 valence electrons. The van der Waals surface area contributed by atoms with Crippen LogP contribution in [0.1, 0.15) is 44.2 Å². The lowest BCUT2D eigenvalue weighted by atomic mass is 9.79. The third-order valence-corrected chi connectivity index (χ3v) is 4.30. The van der Waals surface area contributed by atoms with E-state index in [1.54, 1.807) is 12.1 Å². The molecule has 0 fully saturated rings. The summed E-state index contributed by atoms with van der Waals surface area (Å²) >= 11 is 0. The normalized spacial score (nSPS) is 10.8. The fourth-order valence-corrected chi connectivity index (χ4v) is 2.39. The van der Waals surface area contributed by atoms with Crippen LogP contribution in [0, 0.1) is 16.7 Å². The van der Waals surface area contributed by atoms with Crippen molar-refractivity contribution < 1.29 is 9.90 Å². The Bertz CT molecular complexity index is 502. The first-order valence-corrected chi connectivity index (χ1v) is 7.70. The fourth-order valence-electron chi connectivity index (χ4n) is 2.39. The van der Waals surface area contributed by atoms with Crippen LogP contribution in [0.25, 0.3) is 0 Å². The van der Waals surface area contributed by atoms with Gasteiger partial charge >= 0.3 is 6.03 Å². The minimum absolute atomic E-state index is 0.0411. The fraction of sp³-hybridized carbons (Fsp3) is 0.529. The van der Waals surface area contributed by atoms with Crippen molar-refractivity contribution in [3.05, 3.63) is 35.4 Å². The van der Waals surface area contributed by atoms with Crippen LogP contribution in [0.3, 0.4) is 0 Å². The Hall–Kier alpha value is -2.06. The van der Waals surface area contributed by atoms with Crippen LogP contribution in [0.15, 0.2) is 24.3 Å². The van der Waals surface area contributed by atoms with E-state index in [-0.39, 0.29) is 18.1 Å². The van der Waals surface area contributed by atoms with Crippen LogP contribution < -0.4 is 10.6 Å². The van der Waals surface area contributed by atoms with Crippen LogP contribution in [0.4, 0.5) is 4.79 Å². The van der Waals surface area contributed by atoms with E-state index in [1.165, 1.54) is 0 Å². The van der Waals surface area contributed by atoms with Gasteiger partial charge in [0.2, 0.25) is 0 Å². The Morgan fingerprint density at radius 2 is 1.86 bits per heavy atom. The van der Waals surface area contributed by atoms with Gasteiger partial charge in [0.05, 0.1) is 11.6 Å². The van der Waals surface area contributed by atoms with Gasteiger partial charge in [-0.2, -0.15) is 5.26 Å². The maximum absolute atomic E-state index is 11.9. The van der Waals surface area contributed by atoms with Gasteiger partial charge in [0.25, 0.3) is 0 Å². The van der Waals surface area contributed by atoms with Crippen molar-refractivity contribution >= 4 is 6.03 Å². The van der Waals surface area contributed by atoms with E-state index in [0.29, 0.717) is 25.1 Å². The largest absolute Gasteiger partial charge is 0.396 e. The van der Waals surface area contributed by atoms with E-state index < -0.39 is 0 Å². The summed E-state index contributed by atoms with van der Waals surface area (Å²) in [4.78, 5) is 11.9. The standard InChI is InChI=1S/C17H25N3O2/c1-3-17(4-2,9-10-21)13-20-16(22)19-12-15-7-5-14(11-18)6-8-15/h5-8,21H,3-4,9-10,12-13H2,1-2H3,(H2,19,20,22). The molecule has 0 radical (unpaired) electrons. The molecule has 0 aliphatic heterocycles. The van der Waals surface area contributed by atoms with Crippen molar-refractivity contribution in [2.75, 3.05) is 13.2 Å². The van der Waals surface area contributed by atoms with E-state index in [1.807, 2.05) is 12.1 Å². The van der Waals surface area contributed by atoms with Gasteiger partial charge in [-0.15, -0.1) is 0 Å². The number of nitriles is 1. The number of amides is 2. The second kappa shape index (κ2) is 9.06. The van der Waals surface area contributed by atoms with Crippen LogP contribution in [0.5, 0.6) is 0 Å². The molecule has 0 atom stereocenters. The molecule has 5 heteroatoms. The van der Waals surface area contributed by atoms with Gasteiger partial charge in [0.15, 0.2) is 0 Å². The number of aliphatic hydroxyl groups is 1. The first-order chi connectivity index (χ1) is 10.6. The van der Waals surface area contributed by atoms with E-state index in [2.05, 4.69) is 30.6 Å². The number of rotatable bonds is 8. The molecule has 3 N–H and O–H groups in total. The molecule has 0 bridgehead atoms. The summed E-state index contributed by atoms with van der Waals surface area (Å²) in [6, 6.07) is 8.96. The Kier molecular flexibility index (Phi) is 7.41. The summed E-state index contributed by atoms with van der Waals surface area (Å²) in [5.74, 6) is 0. The molecule has 2 amide bonds. The van der Waals surface area contributed by atoms with Crippen LogP contribution >= 0.6 is 0 Å². The third kappa shape index (κ3) is 5.38. The summed E-state index contributed by atoms with van der Waals surface area (Å²) in [7, 11) is 0. The Morgan fingerprint density at radius 1 is 1.23 bits per heavy atom. The summed E-state index contributed by atoms with van der Waals surface area (Å²) in [5.41, 5.74) is 1.51. The quantitative estimate of drug-likeness (QED) is 0.690. The number of aliphatic hydroxyl groups excluding tert-OH is 1. The zero-order valence-electron chi connectivity index (χ0n) is 13.4. The number of nitrogens with zero attached hydrogens (tertiary/aromatic N) is 1. The molecule has 0 spiro atoms. The smallest absolute Gasteiger partial charge is 0.315 e. The molecule has 0 aromatic heterocycles. The summed E-state index contributed by atoms with van der Waals surface area (Å²) in [5, 5.41) is 23.6. The van der Waals surface area contributed by atoms with Gasteiger partial charge < -0.3 is 15.7 Å². The van der Waals surface area contributed by atoms with Crippen molar-refractivity contribution in [1.29, 1.82) is 5.26 Å². The molecular formula is C17H25N3O2. The zero-order chi connectivity index (χ0) is 16.4. The number of hydrogen-bond acceptors (Lipinski definition) is 3. The van der Waals surface area contributed by atoms with Crippen molar-refractivity contribution in [3.8, 4) is 6.07 Å². The Balaban J connectivity index is 2.43. The molecule has 0 saturated carbocycles. The number of carbonyl (C=O) groups is 1. The molecule has 22 heavy (non-hydrogen) atoms. The molecule has 0 aliphatic carbocycles. The van der Waals surface area contributed by atoms with E-state index in [4.69, 9.17) is 5.26 Å². The highest BCUT2D eigenvalue weighted by Crippen LogP contribution is 2.29. The second-order valence-electron chi connectivity index (χ2n) is 5.53. The molecular weight excluding hydrogens is 278 g/mol. The van der Waals surface area contributed by atoms with Crippen LogP contribution in [0.2, 0.25) is 0 Å². The topological polar surface area (TPSA) is 85.2 Å². The van der Waals surface area contributed by atoms with E-state index in [9.17, 15) is 9.90 Å². The number of hydrogen-bond donors (Lipinski definition) is 3. The lowest BCUT2D eigenvalue weighted by Crippen LogP contribution is -2.42. The molecule has 0 aliphatic rings. The summed E-state index contributed by atoms with van der Waals surface area (Å²) < 4.78 is 0. The molecule has 1 rings (SSSR count). The SMILES string of the molecule is CCC(CC)(CCO)CNC(=O)NCc1ccc(C#N)cc1. The van der Waals surface area contributed by atoms with Crippen molar-refractivity contribution in [1.82, 2.24) is 10.6 Å². The van der Waals surface area contributed by atoms with Crippen molar-refractivity contribution in [2.45, 2.75) is 39.7 Å². The van der Waals surface area contributed by atoms with Gasteiger partial charge in [-0.1, -0.05) is 26.0 Å². The predicted molar refractivity (Wildman–Crippen MR) is 86.1 cm³/mol. The van der Waals surface area contributed by atoms with Gasteiger partial charge in [-0.25, -0.2) is 4.79 Å². The monoisotopic (exact) mass is 303 g/mol. The molecule has 0 heterocycles. The van der Waals surface area contributed by atoms with Crippen molar-refractivity contribution in [3.63, 3.8) is 0 Å². The molecule has 5 nitrogen and oxygen atoms in total. The first kappa shape index (κ1) is 18.0. The summed E-state index contributed by atoms with van der Waals surface area (Å²) in [6.45, 7) is 5.27. The summed E-state index contributed by atoms with van der Waals surface area (Å²) in [6.07, 6.45) is 2.52.